The van der Waals surface area contributed by atoms with Crippen LogP contribution in [0.25, 0.3) is 0 Å². The summed E-state index contributed by atoms with van der Waals surface area (Å²) in [4.78, 5) is -0.0285. The second-order valence-corrected chi connectivity index (χ2v) is 5.07. The fourth-order valence-electron chi connectivity index (χ4n) is 0.769. The fraction of sp³-hybridized carbons (Fsp3) is 0. The Morgan fingerprint density at radius 1 is 1.08 bits per heavy atom. The minimum absolute atomic E-state index is 0.0285. The standard InChI is InChI=1S/C7H6O4S2/c8-12(9)6-13(10,11)7-4-2-1-3-5-7/h1-6H. The molecule has 70 valence electrons. The summed E-state index contributed by atoms with van der Waals surface area (Å²) in [6, 6.07) is 7.35. The van der Waals surface area contributed by atoms with Crippen LogP contribution in [0.15, 0.2) is 35.2 Å². The molecule has 0 N–H and O–H groups in total. The van der Waals surface area contributed by atoms with Crippen LogP contribution in [-0.2, 0) is 20.1 Å². The molecule has 0 spiro atoms. The normalized spacial score (nSPS) is 10.8. The first kappa shape index (κ1) is 9.94. The second kappa shape index (κ2) is 3.71. The molecule has 0 aliphatic heterocycles. The molecule has 1 rings (SSSR count). The molecule has 0 bridgehead atoms. The van der Waals surface area contributed by atoms with Crippen LogP contribution >= 0.6 is 0 Å². The summed E-state index contributed by atoms with van der Waals surface area (Å²) in [6.07, 6.45) is 0. The topological polar surface area (TPSA) is 68.3 Å². The van der Waals surface area contributed by atoms with Gasteiger partial charge in [0.15, 0.2) is 4.70 Å². The Kier molecular flexibility index (Phi) is 2.84. The molecular weight excluding hydrogens is 212 g/mol. The minimum atomic E-state index is -3.80. The molecule has 0 radical (unpaired) electrons. The largest absolute Gasteiger partial charge is 0.226 e. The lowest BCUT2D eigenvalue weighted by Crippen LogP contribution is -2.01. The Labute approximate surface area is 77.3 Å². The molecule has 0 aliphatic rings. The highest BCUT2D eigenvalue weighted by atomic mass is 32.2. The maximum atomic E-state index is 11.2. The third-order valence-electron chi connectivity index (χ3n) is 1.28. The van der Waals surface area contributed by atoms with Gasteiger partial charge in [0.2, 0.25) is 20.1 Å². The van der Waals surface area contributed by atoms with Gasteiger partial charge in [-0.15, -0.1) is 0 Å². The molecule has 0 unspecified atom stereocenters. The van der Waals surface area contributed by atoms with E-state index in [1.54, 1.807) is 6.07 Å². The van der Waals surface area contributed by atoms with Crippen molar-refractivity contribution >= 4 is 24.8 Å². The predicted octanol–water partition coefficient (Wildman–Crippen LogP) is 0.0991. The zero-order valence-corrected chi connectivity index (χ0v) is 8.05. The third-order valence-corrected chi connectivity index (χ3v) is 3.85. The minimum Gasteiger partial charge on any atom is -0.218 e. The maximum Gasteiger partial charge on any atom is 0.226 e. The number of sulfone groups is 1. The molecule has 0 fully saturated rings. The van der Waals surface area contributed by atoms with Crippen LogP contribution in [0.1, 0.15) is 0 Å². The van der Waals surface area contributed by atoms with Gasteiger partial charge in [-0.25, -0.2) is 8.42 Å². The van der Waals surface area contributed by atoms with E-state index in [0.717, 1.165) is 0 Å². The second-order valence-electron chi connectivity index (χ2n) is 2.21. The lowest BCUT2D eigenvalue weighted by molar-refractivity contribution is 0.608. The first-order valence-corrected chi connectivity index (χ1v) is 5.94. The van der Waals surface area contributed by atoms with E-state index in [4.69, 9.17) is 0 Å². The van der Waals surface area contributed by atoms with E-state index >= 15 is 0 Å². The summed E-state index contributed by atoms with van der Waals surface area (Å²) in [7, 11) is -6.50. The molecule has 0 aromatic heterocycles. The van der Waals surface area contributed by atoms with Crippen LogP contribution in [0.3, 0.4) is 0 Å². The molecule has 0 amide bonds. The zero-order chi connectivity index (χ0) is 9.90. The smallest absolute Gasteiger partial charge is 0.218 e. The van der Waals surface area contributed by atoms with E-state index in [1.807, 2.05) is 0 Å². The van der Waals surface area contributed by atoms with Gasteiger partial charge in [0.1, 0.15) is 0 Å². The van der Waals surface area contributed by atoms with Gasteiger partial charge in [-0.1, -0.05) is 18.2 Å². The van der Waals surface area contributed by atoms with E-state index in [9.17, 15) is 16.8 Å². The number of hydrogen-bond donors (Lipinski definition) is 0. The van der Waals surface area contributed by atoms with Crippen LogP contribution in [-0.4, -0.2) is 21.5 Å². The monoisotopic (exact) mass is 218 g/mol. The van der Waals surface area contributed by atoms with Gasteiger partial charge in [0.05, 0.1) is 4.90 Å². The summed E-state index contributed by atoms with van der Waals surface area (Å²) in [5, 5.41) is 0. The summed E-state index contributed by atoms with van der Waals surface area (Å²) in [5.41, 5.74) is 0. The Hall–Kier alpha value is -1.14. The zero-order valence-electron chi connectivity index (χ0n) is 6.41. The van der Waals surface area contributed by atoms with Crippen molar-refractivity contribution < 1.29 is 16.8 Å². The van der Waals surface area contributed by atoms with Gasteiger partial charge in [-0.05, 0) is 12.1 Å². The Balaban J connectivity index is 3.34. The van der Waals surface area contributed by atoms with E-state index < -0.39 is 20.1 Å². The molecule has 1 aromatic rings. The predicted molar refractivity (Wildman–Crippen MR) is 48.6 cm³/mol. The van der Waals surface area contributed by atoms with Crippen molar-refractivity contribution in [2.75, 3.05) is 0 Å². The van der Waals surface area contributed by atoms with Crippen molar-refractivity contribution in [1.82, 2.24) is 0 Å². The van der Waals surface area contributed by atoms with E-state index in [2.05, 4.69) is 0 Å². The Bertz CT molecular complexity index is 503. The summed E-state index contributed by atoms with van der Waals surface area (Å²) in [5.74, 6) is 0. The molecule has 0 aliphatic carbocycles. The van der Waals surface area contributed by atoms with Crippen LogP contribution in [0.2, 0.25) is 0 Å². The van der Waals surface area contributed by atoms with E-state index in [0.29, 0.717) is 0 Å². The number of rotatable bonds is 2. The first-order valence-electron chi connectivity index (χ1n) is 3.25. The summed E-state index contributed by atoms with van der Waals surface area (Å²) in [6.45, 7) is 0. The van der Waals surface area contributed by atoms with Crippen LogP contribution in [0, 0.1) is 0 Å². The van der Waals surface area contributed by atoms with Crippen molar-refractivity contribution in [2.24, 2.45) is 0 Å². The molecule has 0 saturated heterocycles. The molecule has 1 aromatic carbocycles. The molecule has 0 atom stereocenters. The molecular formula is C7H6O4S2. The van der Waals surface area contributed by atoms with Gasteiger partial charge in [-0.2, -0.15) is 8.42 Å². The highest BCUT2D eigenvalue weighted by Gasteiger charge is 2.10. The fourth-order valence-corrected chi connectivity index (χ4v) is 2.58. The Morgan fingerprint density at radius 2 is 1.62 bits per heavy atom. The lowest BCUT2D eigenvalue weighted by Gasteiger charge is -1.93. The molecule has 13 heavy (non-hydrogen) atoms. The highest BCUT2D eigenvalue weighted by Crippen LogP contribution is 2.06. The number of benzene rings is 1. The van der Waals surface area contributed by atoms with E-state index in [-0.39, 0.29) is 9.59 Å². The first-order chi connectivity index (χ1) is 6.02. The lowest BCUT2D eigenvalue weighted by atomic mass is 10.4. The molecule has 4 nitrogen and oxygen atoms in total. The van der Waals surface area contributed by atoms with Gasteiger partial charge < -0.3 is 0 Å². The van der Waals surface area contributed by atoms with Crippen molar-refractivity contribution in [3.05, 3.63) is 30.3 Å². The van der Waals surface area contributed by atoms with Crippen LogP contribution in [0.5, 0.6) is 0 Å². The van der Waals surface area contributed by atoms with Crippen molar-refractivity contribution in [1.29, 1.82) is 0 Å². The number of hydrogen-bond acceptors (Lipinski definition) is 4. The van der Waals surface area contributed by atoms with Gasteiger partial charge in [0, 0.05) is 0 Å². The SMILES string of the molecule is O=S(=O)=CS(=O)(=O)c1ccccc1. The van der Waals surface area contributed by atoms with Crippen LogP contribution < -0.4 is 0 Å². The average Bonchev–Trinajstić information content (AvgIpc) is 2.04. The third kappa shape index (κ3) is 2.67. The van der Waals surface area contributed by atoms with Crippen molar-refractivity contribution in [3.8, 4) is 0 Å². The van der Waals surface area contributed by atoms with Crippen molar-refractivity contribution in [3.63, 3.8) is 0 Å². The summed E-state index contributed by atoms with van der Waals surface area (Å²) < 4.78 is 43.0. The average molecular weight is 218 g/mol. The molecule has 0 heterocycles. The molecule has 0 saturated carbocycles. The van der Waals surface area contributed by atoms with Gasteiger partial charge in [-0.3, -0.25) is 0 Å². The quantitative estimate of drug-likeness (QED) is 0.660. The maximum absolute atomic E-state index is 11.2. The van der Waals surface area contributed by atoms with E-state index in [1.165, 1.54) is 24.3 Å². The van der Waals surface area contributed by atoms with Crippen LogP contribution in [0.4, 0.5) is 0 Å². The Morgan fingerprint density at radius 3 is 2.08 bits per heavy atom. The van der Waals surface area contributed by atoms with Crippen molar-refractivity contribution in [2.45, 2.75) is 4.90 Å². The summed E-state index contributed by atoms with van der Waals surface area (Å²) >= 11 is 0. The van der Waals surface area contributed by atoms with Gasteiger partial charge >= 0.3 is 0 Å². The van der Waals surface area contributed by atoms with Gasteiger partial charge in [0.25, 0.3) is 0 Å². The molecule has 6 heteroatoms. The highest BCUT2D eigenvalue weighted by molar-refractivity contribution is 8.13.